The first-order valence-electron chi connectivity index (χ1n) is 6.97. The van der Waals surface area contributed by atoms with Gasteiger partial charge in [0.25, 0.3) is 0 Å². The lowest BCUT2D eigenvalue weighted by Crippen LogP contribution is -2.44. The minimum atomic E-state index is -3.60. The van der Waals surface area contributed by atoms with E-state index in [1.807, 2.05) is 7.05 Å². The molecule has 1 unspecified atom stereocenters. The maximum atomic E-state index is 13.3. The molecule has 0 saturated carbocycles. The number of sulfonamides is 1. The fourth-order valence-corrected chi connectivity index (χ4v) is 4.41. The maximum Gasteiger partial charge on any atom is 0.243 e. The van der Waals surface area contributed by atoms with Gasteiger partial charge in [0.1, 0.15) is 5.82 Å². The summed E-state index contributed by atoms with van der Waals surface area (Å²) in [6.45, 7) is 1.30. The normalized spacial score (nSPS) is 21.0. The van der Waals surface area contributed by atoms with Gasteiger partial charge in [0.05, 0.1) is 4.90 Å². The average Bonchev–Trinajstić information content (AvgIpc) is 2.45. The Morgan fingerprint density at radius 1 is 1.40 bits per heavy atom. The molecular weight excluding hydrogens is 279 g/mol. The lowest BCUT2D eigenvalue weighted by atomic mass is 10.0. The summed E-state index contributed by atoms with van der Waals surface area (Å²) in [7, 11) is -1.74. The van der Waals surface area contributed by atoms with E-state index in [-0.39, 0.29) is 10.9 Å². The molecule has 112 valence electrons. The van der Waals surface area contributed by atoms with Crippen molar-refractivity contribution in [1.82, 2.24) is 9.62 Å². The van der Waals surface area contributed by atoms with Crippen LogP contribution in [0.4, 0.5) is 4.39 Å². The van der Waals surface area contributed by atoms with Gasteiger partial charge in [0.2, 0.25) is 10.0 Å². The van der Waals surface area contributed by atoms with Crippen LogP contribution in [-0.4, -0.2) is 38.9 Å². The summed E-state index contributed by atoms with van der Waals surface area (Å²) in [5.41, 5.74) is 0. The van der Waals surface area contributed by atoms with Crippen LogP contribution >= 0.6 is 0 Å². The van der Waals surface area contributed by atoms with Gasteiger partial charge in [-0.15, -0.1) is 0 Å². The maximum absolute atomic E-state index is 13.3. The molecule has 1 aromatic carbocycles. The van der Waals surface area contributed by atoms with Gasteiger partial charge >= 0.3 is 0 Å². The van der Waals surface area contributed by atoms with Crippen LogP contribution in [0.1, 0.15) is 25.7 Å². The molecule has 4 nitrogen and oxygen atoms in total. The third kappa shape index (κ3) is 3.37. The predicted octanol–water partition coefficient (Wildman–Crippen LogP) is 1.98. The van der Waals surface area contributed by atoms with E-state index < -0.39 is 15.8 Å². The van der Waals surface area contributed by atoms with Crippen molar-refractivity contribution in [3.63, 3.8) is 0 Å². The Labute approximate surface area is 120 Å². The summed E-state index contributed by atoms with van der Waals surface area (Å²) in [6.07, 6.45) is 3.56. The zero-order valence-electron chi connectivity index (χ0n) is 11.7. The minimum Gasteiger partial charge on any atom is -0.320 e. The molecule has 1 aromatic rings. The van der Waals surface area contributed by atoms with E-state index in [9.17, 15) is 12.8 Å². The molecule has 1 saturated heterocycles. The van der Waals surface area contributed by atoms with Gasteiger partial charge in [-0.1, -0.05) is 12.5 Å². The molecule has 20 heavy (non-hydrogen) atoms. The molecule has 0 radical (unpaired) electrons. The fraction of sp³-hybridized carbons (Fsp3) is 0.571. The highest BCUT2D eigenvalue weighted by Gasteiger charge is 2.33. The van der Waals surface area contributed by atoms with Gasteiger partial charge < -0.3 is 5.32 Å². The van der Waals surface area contributed by atoms with Crippen molar-refractivity contribution in [2.45, 2.75) is 36.6 Å². The van der Waals surface area contributed by atoms with Crippen molar-refractivity contribution in [2.75, 3.05) is 20.1 Å². The molecule has 1 fully saturated rings. The molecule has 0 spiro atoms. The number of benzene rings is 1. The van der Waals surface area contributed by atoms with Gasteiger partial charge in [-0.25, -0.2) is 12.8 Å². The average molecular weight is 300 g/mol. The topological polar surface area (TPSA) is 49.4 Å². The second-order valence-electron chi connectivity index (χ2n) is 5.11. The van der Waals surface area contributed by atoms with E-state index in [4.69, 9.17) is 0 Å². The number of nitrogens with zero attached hydrogens (tertiary/aromatic N) is 1. The standard InChI is InChI=1S/C14H21FN2O2S/c1-16-9-8-13-6-2-3-10-17(13)20(18,19)14-7-4-5-12(15)11-14/h4-5,7,11,13,16H,2-3,6,8-10H2,1H3. The second kappa shape index (κ2) is 6.65. The van der Waals surface area contributed by atoms with Crippen LogP contribution in [0.25, 0.3) is 0 Å². The van der Waals surface area contributed by atoms with Crippen molar-refractivity contribution in [1.29, 1.82) is 0 Å². The molecule has 0 bridgehead atoms. The van der Waals surface area contributed by atoms with Crippen LogP contribution < -0.4 is 5.32 Å². The SMILES string of the molecule is CNCCC1CCCCN1S(=O)(=O)c1cccc(F)c1. The highest BCUT2D eigenvalue weighted by molar-refractivity contribution is 7.89. The molecule has 2 rings (SSSR count). The quantitative estimate of drug-likeness (QED) is 0.904. The third-order valence-electron chi connectivity index (χ3n) is 3.70. The Balaban J connectivity index is 2.26. The van der Waals surface area contributed by atoms with Crippen LogP contribution in [0.3, 0.4) is 0 Å². The Kier molecular flexibility index (Phi) is 5.12. The number of halogens is 1. The highest BCUT2D eigenvalue weighted by Crippen LogP contribution is 2.27. The van der Waals surface area contributed by atoms with Crippen LogP contribution in [0.15, 0.2) is 29.2 Å². The van der Waals surface area contributed by atoms with E-state index in [1.165, 1.54) is 18.2 Å². The monoisotopic (exact) mass is 300 g/mol. The summed E-state index contributed by atoms with van der Waals surface area (Å²) >= 11 is 0. The summed E-state index contributed by atoms with van der Waals surface area (Å²) in [5, 5.41) is 3.05. The van der Waals surface area contributed by atoms with Crippen molar-refractivity contribution < 1.29 is 12.8 Å². The van der Waals surface area contributed by atoms with Gasteiger partial charge in [0.15, 0.2) is 0 Å². The predicted molar refractivity (Wildman–Crippen MR) is 76.5 cm³/mol. The summed E-state index contributed by atoms with van der Waals surface area (Å²) in [6, 6.07) is 5.26. The van der Waals surface area contributed by atoms with Gasteiger partial charge in [0, 0.05) is 12.6 Å². The molecule has 6 heteroatoms. The molecule has 1 heterocycles. The molecule has 1 aliphatic heterocycles. The molecule has 1 aliphatic rings. The van der Waals surface area contributed by atoms with E-state index in [0.29, 0.717) is 6.54 Å². The first-order valence-corrected chi connectivity index (χ1v) is 8.41. The molecule has 0 amide bonds. The first kappa shape index (κ1) is 15.4. The van der Waals surface area contributed by atoms with Crippen molar-refractivity contribution in [2.24, 2.45) is 0 Å². The van der Waals surface area contributed by atoms with Gasteiger partial charge in [-0.05, 0) is 51.1 Å². The van der Waals surface area contributed by atoms with E-state index in [0.717, 1.165) is 38.3 Å². The molecule has 1 N–H and O–H groups in total. The summed E-state index contributed by atoms with van der Waals surface area (Å²) in [4.78, 5) is 0.0499. The lowest BCUT2D eigenvalue weighted by molar-refractivity contribution is 0.240. The van der Waals surface area contributed by atoms with Crippen LogP contribution in [0.5, 0.6) is 0 Å². The van der Waals surface area contributed by atoms with Crippen molar-refractivity contribution in [3.8, 4) is 0 Å². The Bertz CT molecular complexity index is 548. The Morgan fingerprint density at radius 2 is 2.20 bits per heavy atom. The molecular formula is C14H21FN2O2S. The lowest BCUT2D eigenvalue weighted by Gasteiger charge is -2.34. The van der Waals surface area contributed by atoms with Crippen molar-refractivity contribution >= 4 is 10.0 Å². The van der Waals surface area contributed by atoms with Crippen molar-refractivity contribution in [3.05, 3.63) is 30.1 Å². The van der Waals surface area contributed by atoms with Gasteiger partial charge in [-0.3, -0.25) is 0 Å². The van der Waals surface area contributed by atoms with E-state index >= 15 is 0 Å². The number of hydrogen-bond donors (Lipinski definition) is 1. The zero-order chi connectivity index (χ0) is 14.6. The summed E-state index contributed by atoms with van der Waals surface area (Å²) < 4.78 is 40.1. The highest BCUT2D eigenvalue weighted by atomic mass is 32.2. The molecule has 0 aromatic heterocycles. The largest absolute Gasteiger partial charge is 0.320 e. The zero-order valence-corrected chi connectivity index (χ0v) is 12.5. The fourth-order valence-electron chi connectivity index (χ4n) is 2.65. The van der Waals surface area contributed by atoms with Crippen LogP contribution in [0, 0.1) is 5.82 Å². The number of nitrogens with one attached hydrogen (secondary N) is 1. The first-order chi connectivity index (χ1) is 9.55. The van der Waals surface area contributed by atoms with Crippen LogP contribution in [0.2, 0.25) is 0 Å². The second-order valence-corrected chi connectivity index (χ2v) is 7.01. The summed E-state index contributed by atoms with van der Waals surface area (Å²) in [5.74, 6) is -0.519. The smallest absolute Gasteiger partial charge is 0.243 e. The minimum absolute atomic E-state index is 0.00414. The Morgan fingerprint density at radius 3 is 2.90 bits per heavy atom. The Hall–Kier alpha value is -0.980. The number of hydrogen-bond acceptors (Lipinski definition) is 3. The van der Waals surface area contributed by atoms with E-state index in [2.05, 4.69) is 5.32 Å². The van der Waals surface area contributed by atoms with Crippen LogP contribution in [-0.2, 0) is 10.0 Å². The number of rotatable bonds is 5. The van der Waals surface area contributed by atoms with Gasteiger partial charge in [-0.2, -0.15) is 4.31 Å². The number of piperidine rings is 1. The van der Waals surface area contributed by atoms with E-state index in [1.54, 1.807) is 4.31 Å². The molecule has 0 aliphatic carbocycles. The molecule has 1 atom stereocenters. The third-order valence-corrected chi connectivity index (χ3v) is 5.65.